The molecule has 108 valence electrons. The van der Waals surface area contributed by atoms with E-state index in [2.05, 4.69) is 6.58 Å². The highest BCUT2D eigenvalue weighted by molar-refractivity contribution is 5.95. The number of ether oxygens (including phenoxy) is 2. The second-order valence-electron chi connectivity index (χ2n) is 4.25. The quantitative estimate of drug-likeness (QED) is 0.395. The van der Waals surface area contributed by atoms with Crippen molar-refractivity contribution in [3.05, 3.63) is 48.6 Å². The maximum absolute atomic E-state index is 11.9. The first-order chi connectivity index (χ1) is 9.67. The highest BCUT2D eigenvalue weighted by Crippen LogP contribution is 2.22. The van der Waals surface area contributed by atoms with Crippen LogP contribution < -0.4 is 0 Å². The molecule has 0 amide bonds. The molecule has 0 heterocycles. The monoisotopic (exact) mass is 276 g/mol. The van der Waals surface area contributed by atoms with Gasteiger partial charge in [-0.05, 0) is 12.5 Å². The van der Waals surface area contributed by atoms with E-state index in [1.165, 1.54) is 0 Å². The van der Waals surface area contributed by atoms with E-state index in [0.717, 1.165) is 5.56 Å². The number of hydrogen-bond acceptors (Lipinski definition) is 4. The Morgan fingerprint density at radius 3 is 2.60 bits per heavy atom. The molecule has 0 unspecified atom stereocenters. The Kier molecular flexibility index (Phi) is 7.29. The van der Waals surface area contributed by atoms with Gasteiger partial charge in [0.25, 0.3) is 0 Å². The number of ketones is 1. The summed E-state index contributed by atoms with van der Waals surface area (Å²) >= 11 is 0. The van der Waals surface area contributed by atoms with Crippen LogP contribution in [0.2, 0.25) is 0 Å². The minimum absolute atomic E-state index is 0.149. The summed E-state index contributed by atoms with van der Waals surface area (Å²) in [5.41, 5.74) is 0.909. The van der Waals surface area contributed by atoms with Gasteiger partial charge in [0.1, 0.15) is 12.2 Å². The lowest BCUT2D eigenvalue weighted by atomic mass is 10.0. The van der Waals surface area contributed by atoms with Gasteiger partial charge in [0, 0.05) is 6.42 Å². The third kappa shape index (κ3) is 5.80. The molecule has 1 aromatic rings. The van der Waals surface area contributed by atoms with Crippen LogP contribution in [0.5, 0.6) is 0 Å². The average molecular weight is 276 g/mol. The van der Waals surface area contributed by atoms with Gasteiger partial charge in [-0.25, -0.2) is 0 Å². The number of benzene rings is 1. The van der Waals surface area contributed by atoms with Gasteiger partial charge in [0.05, 0.1) is 19.3 Å². The minimum Gasteiger partial charge on any atom is -0.466 e. The van der Waals surface area contributed by atoms with Gasteiger partial charge in [-0.2, -0.15) is 0 Å². The van der Waals surface area contributed by atoms with Crippen LogP contribution in [0.25, 0.3) is 0 Å². The molecule has 20 heavy (non-hydrogen) atoms. The highest BCUT2D eigenvalue weighted by atomic mass is 16.5. The number of carbonyl (C=O) groups excluding carboxylic acids is 2. The van der Waals surface area contributed by atoms with Gasteiger partial charge in [0.15, 0.2) is 0 Å². The van der Waals surface area contributed by atoms with Crippen LogP contribution in [-0.4, -0.2) is 25.0 Å². The molecule has 0 saturated carbocycles. The molecule has 0 saturated heterocycles. The number of Topliss-reactive ketones (excluding diaryl/α,β-unsaturated/α-hetero) is 1. The first-order valence-electron chi connectivity index (χ1n) is 6.62. The lowest BCUT2D eigenvalue weighted by Gasteiger charge is -2.16. The lowest BCUT2D eigenvalue weighted by molar-refractivity contribution is -0.146. The highest BCUT2D eigenvalue weighted by Gasteiger charge is 2.18. The van der Waals surface area contributed by atoms with Crippen molar-refractivity contribution in [3.63, 3.8) is 0 Å². The standard InChI is InChI=1S/C16H20O4/c1-3-10-20-15(13-8-6-5-7-9-13)11-14(17)12-16(18)19-4-2/h3,5-9,15H,1,4,10-12H2,2H3/t15-/m1/s1. The van der Waals surface area contributed by atoms with E-state index in [1.807, 2.05) is 30.3 Å². The van der Waals surface area contributed by atoms with E-state index < -0.39 is 5.97 Å². The van der Waals surface area contributed by atoms with Crippen molar-refractivity contribution < 1.29 is 19.1 Å². The number of carbonyl (C=O) groups is 2. The predicted octanol–water partition coefficient (Wildman–Crippen LogP) is 2.84. The maximum Gasteiger partial charge on any atom is 0.313 e. The van der Waals surface area contributed by atoms with Crippen LogP contribution in [0.1, 0.15) is 31.4 Å². The van der Waals surface area contributed by atoms with Gasteiger partial charge in [-0.1, -0.05) is 36.4 Å². The molecule has 0 aliphatic rings. The molecule has 0 aromatic heterocycles. The Morgan fingerprint density at radius 2 is 2.00 bits per heavy atom. The molecule has 4 nitrogen and oxygen atoms in total. The molecular formula is C16H20O4. The fourth-order valence-electron chi connectivity index (χ4n) is 1.78. The summed E-state index contributed by atoms with van der Waals surface area (Å²) in [6.07, 6.45) is 1.20. The molecule has 1 rings (SSSR count). The molecule has 0 fully saturated rings. The van der Waals surface area contributed by atoms with Crippen molar-refractivity contribution in [1.29, 1.82) is 0 Å². The van der Waals surface area contributed by atoms with Gasteiger partial charge < -0.3 is 9.47 Å². The Labute approximate surface area is 119 Å². The fourth-order valence-corrected chi connectivity index (χ4v) is 1.78. The molecule has 0 spiro atoms. The van der Waals surface area contributed by atoms with E-state index in [1.54, 1.807) is 13.0 Å². The van der Waals surface area contributed by atoms with E-state index in [9.17, 15) is 9.59 Å². The summed E-state index contributed by atoms with van der Waals surface area (Å²) in [7, 11) is 0. The zero-order valence-corrected chi connectivity index (χ0v) is 11.7. The van der Waals surface area contributed by atoms with Crippen molar-refractivity contribution in [2.75, 3.05) is 13.2 Å². The van der Waals surface area contributed by atoms with E-state index >= 15 is 0 Å². The Bertz CT molecular complexity index is 439. The van der Waals surface area contributed by atoms with Crippen molar-refractivity contribution in [3.8, 4) is 0 Å². The fraction of sp³-hybridized carbons (Fsp3) is 0.375. The summed E-state index contributed by atoms with van der Waals surface area (Å²) in [6.45, 7) is 5.94. The summed E-state index contributed by atoms with van der Waals surface area (Å²) in [6, 6.07) is 9.45. The van der Waals surface area contributed by atoms with Crippen LogP contribution >= 0.6 is 0 Å². The second-order valence-corrected chi connectivity index (χ2v) is 4.25. The van der Waals surface area contributed by atoms with Crippen LogP contribution in [0.15, 0.2) is 43.0 Å². The molecule has 1 aromatic carbocycles. The zero-order chi connectivity index (χ0) is 14.8. The SMILES string of the molecule is C=CCO[C@H](CC(=O)CC(=O)OCC)c1ccccc1. The molecule has 0 bridgehead atoms. The van der Waals surface area contributed by atoms with Crippen LogP contribution in [0.4, 0.5) is 0 Å². The van der Waals surface area contributed by atoms with Crippen molar-refractivity contribution in [2.24, 2.45) is 0 Å². The summed E-state index contributed by atoms with van der Waals surface area (Å²) in [4.78, 5) is 23.2. The first kappa shape index (κ1) is 16.1. The van der Waals surface area contributed by atoms with Crippen LogP contribution in [0.3, 0.4) is 0 Å². The van der Waals surface area contributed by atoms with Gasteiger partial charge in [-0.15, -0.1) is 6.58 Å². The minimum atomic E-state index is -0.493. The largest absolute Gasteiger partial charge is 0.466 e. The molecule has 0 aliphatic heterocycles. The number of rotatable bonds is 9. The zero-order valence-electron chi connectivity index (χ0n) is 11.7. The van der Waals surface area contributed by atoms with Gasteiger partial charge >= 0.3 is 5.97 Å². The normalized spacial score (nSPS) is 11.7. The first-order valence-corrected chi connectivity index (χ1v) is 6.62. The van der Waals surface area contributed by atoms with Gasteiger partial charge in [0.2, 0.25) is 0 Å². The summed E-state index contributed by atoms with van der Waals surface area (Å²) in [5.74, 6) is -0.686. The second kappa shape index (κ2) is 9.04. The van der Waals surface area contributed by atoms with Crippen molar-refractivity contribution >= 4 is 11.8 Å². The Balaban J connectivity index is 2.63. The third-order valence-electron chi connectivity index (χ3n) is 2.65. The van der Waals surface area contributed by atoms with Gasteiger partial charge in [-0.3, -0.25) is 9.59 Å². The summed E-state index contributed by atoms with van der Waals surface area (Å²) < 4.78 is 10.4. The lowest BCUT2D eigenvalue weighted by Crippen LogP contribution is -2.15. The molecule has 0 radical (unpaired) electrons. The number of esters is 1. The average Bonchev–Trinajstić information content (AvgIpc) is 2.44. The third-order valence-corrected chi connectivity index (χ3v) is 2.65. The molecule has 0 aliphatic carbocycles. The predicted molar refractivity (Wildman–Crippen MR) is 76.2 cm³/mol. The molecule has 4 heteroatoms. The van der Waals surface area contributed by atoms with Crippen molar-refractivity contribution in [1.82, 2.24) is 0 Å². The number of hydrogen-bond donors (Lipinski definition) is 0. The van der Waals surface area contributed by atoms with E-state index in [-0.39, 0.29) is 31.3 Å². The molecule has 0 N–H and O–H groups in total. The van der Waals surface area contributed by atoms with Crippen LogP contribution in [0, 0.1) is 0 Å². The van der Waals surface area contributed by atoms with Crippen LogP contribution in [-0.2, 0) is 19.1 Å². The molecular weight excluding hydrogens is 256 g/mol. The smallest absolute Gasteiger partial charge is 0.313 e. The topological polar surface area (TPSA) is 52.6 Å². The summed E-state index contributed by atoms with van der Waals surface area (Å²) in [5, 5.41) is 0. The maximum atomic E-state index is 11.9. The van der Waals surface area contributed by atoms with Crippen molar-refractivity contribution in [2.45, 2.75) is 25.9 Å². The Morgan fingerprint density at radius 1 is 1.30 bits per heavy atom. The van der Waals surface area contributed by atoms with E-state index in [4.69, 9.17) is 9.47 Å². The molecule has 1 atom stereocenters. The Hall–Kier alpha value is -1.94. The van der Waals surface area contributed by atoms with E-state index in [0.29, 0.717) is 6.61 Å².